The fraction of sp³-hybridized carbons (Fsp3) is 0.393. The van der Waals surface area contributed by atoms with E-state index < -0.39 is 0 Å². The molecule has 34 heavy (non-hydrogen) atoms. The first-order valence-corrected chi connectivity index (χ1v) is 11.9. The van der Waals surface area contributed by atoms with Crippen molar-refractivity contribution < 1.29 is 14.3 Å². The number of amides is 1. The van der Waals surface area contributed by atoms with Crippen molar-refractivity contribution in [2.75, 3.05) is 19.7 Å². The van der Waals surface area contributed by atoms with E-state index in [2.05, 4.69) is 25.8 Å². The van der Waals surface area contributed by atoms with Crippen LogP contribution in [-0.2, 0) is 9.53 Å². The average Bonchev–Trinajstić information content (AvgIpc) is 3.24. The van der Waals surface area contributed by atoms with Crippen LogP contribution in [0.15, 0.2) is 53.0 Å². The maximum atomic E-state index is 13.0. The molecule has 6 heteroatoms. The second-order valence-electron chi connectivity index (χ2n) is 10.1. The molecule has 0 spiro atoms. The van der Waals surface area contributed by atoms with Gasteiger partial charge in [-0.25, -0.2) is 9.79 Å². The highest BCUT2D eigenvalue weighted by atomic mass is 16.5. The van der Waals surface area contributed by atoms with Crippen LogP contribution in [-0.4, -0.2) is 42.3 Å². The minimum atomic E-state index is -0.371. The van der Waals surface area contributed by atoms with E-state index in [1.165, 1.54) is 0 Å². The fourth-order valence-electron chi connectivity index (χ4n) is 4.56. The van der Waals surface area contributed by atoms with E-state index >= 15 is 0 Å². The molecule has 1 fully saturated rings. The zero-order valence-electron chi connectivity index (χ0n) is 20.4. The van der Waals surface area contributed by atoms with Gasteiger partial charge in [-0.05, 0) is 60.1 Å². The number of benzene rings is 2. The van der Waals surface area contributed by atoms with Crippen LogP contribution in [0.1, 0.15) is 56.5 Å². The fourth-order valence-corrected chi connectivity index (χ4v) is 4.56. The summed E-state index contributed by atoms with van der Waals surface area (Å²) in [6, 6.07) is 13.6. The van der Waals surface area contributed by atoms with Gasteiger partial charge in [0.25, 0.3) is 5.91 Å². The Morgan fingerprint density at radius 2 is 1.82 bits per heavy atom. The maximum Gasteiger partial charge on any atom is 0.334 e. The van der Waals surface area contributed by atoms with Gasteiger partial charge >= 0.3 is 5.97 Å². The first-order chi connectivity index (χ1) is 16.2. The van der Waals surface area contributed by atoms with E-state index in [1.54, 1.807) is 13.0 Å². The Balaban J connectivity index is 1.54. The highest BCUT2D eigenvalue weighted by molar-refractivity contribution is 6.03. The molecule has 0 aliphatic carbocycles. The molecule has 2 heterocycles. The lowest BCUT2D eigenvalue weighted by atomic mass is 9.80. The quantitative estimate of drug-likeness (QED) is 0.637. The van der Waals surface area contributed by atoms with Crippen LogP contribution < -0.4 is 5.73 Å². The van der Waals surface area contributed by atoms with Crippen LogP contribution in [0, 0.1) is 11.3 Å². The van der Waals surface area contributed by atoms with Crippen LogP contribution in [0.4, 0.5) is 5.69 Å². The number of hydrogen-bond acceptors (Lipinski definition) is 5. The number of amidine groups is 1. The third-order valence-corrected chi connectivity index (χ3v) is 6.70. The molecule has 178 valence electrons. The summed E-state index contributed by atoms with van der Waals surface area (Å²) in [7, 11) is 0. The molecular formula is C28H33N3O3. The molecule has 1 unspecified atom stereocenters. The van der Waals surface area contributed by atoms with E-state index in [-0.39, 0.29) is 23.7 Å². The lowest BCUT2D eigenvalue weighted by molar-refractivity contribution is -0.138. The number of aliphatic imine (C=N–C) groups is 1. The molecule has 0 saturated carbocycles. The van der Waals surface area contributed by atoms with Crippen molar-refractivity contribution in [3.63, 3.8) is 0 Å². The van der Waals surface area contributed by atoms with Gasteiger partial charge in [-0.2, -0.15) is 0 Å². The summed E-state index contributed by atoms with van der Waals surface area (Å²) in [6.45, 7) is 10.4. The Hall–Kier alpha value is -3.41. The molecule has 1 amide bonds. The molecule has 2 aliphatic rings. The first kappa shape index (κ1) is 23.7. The second kappa shape index (κ2) is 9.45. The first-order valence-electron chi connectivity index (χ1n) is 11.9. The zero-order valence-corrected chi connectivity index (χ0v) is 20.4. The zero-order chi connectivity index (χ0) is 24.5. The molecule has 2 aromatic carbocycles. The summed E-state index contributed by atoms with van der Waals surface area (Å²) in [5.41, 5.74) is 11.0. The maximum absolute atomic E-state index is 13.0. The SMILES string of the molecule is CCOC(=O)C1=Cc2ccc(-c3ccc(C(=O)N4CCC(C(C)(C)C)C4)cc3)cc2N=C(N)C1. The van der Waals surface area contributed by atoms with Gasteiger partial charge in [0.1, 0.15) is 5.84 Å². The molecular weight excluding hydrogens is 426 g/mol. The van der Waals surface area contributed by atoms with Crippen molar-refractivity contribution in [1.82, 2.24) is 4.90 Å². The predicted molar refractivity (Wildman–Crippen MR) is 136 cm³/mol. The highest BCUT2D eigenvalue weighted by Gasteiger charge is 2.34. The smallest absolute Gasteiger partial charge is 0.334 e. The standard InChI is InChI=1S/C28H33N3O3/c1-5-34-27(33)22-14-21-11-10-20(15-24(21)30-25(29)16-22)18-6-8-19(9-7-18)26(32)31-13-12-23(17-31)28(2,3)4/h6-11,14-15,23H,5,12-13,16-17H2,1-4H3,(H2,29,30). The van der Waals surface area contributed by atoms with Gasteiger partial charge in [-0.1, -0.05) is 45.0 Å². The molecule has 2 aliphatic heterocycles. The molecule has 0 radical (unpaired) electrons. The third-order valence-electron chi connectivity index (χ3n) is 6.70. The van der Waals surface area contributed by atoms with Crippen LogP contribution in [0.2, 0.25) is 0 Å². The van der Waals surface area contributed by atoms with Crippen molar-refractivity contribution in [3.8, 4) is 11.1 Å². The molecule has 2 N–H and O–H groups in total. The largest absolute Gasteiger partial charge is 0.463 e. The molecule has 1 atom stereocenters. The topological polar surface area (TPSA) is 85.0 Å². The van der Waals surface area contributed by atoms with Gasteiger partial charge in [-0.3, -0.25) is 4.79 Å². The van der Waals surface area contributed by atoms with Crippen molar-refractivity contribution in [1.29, 1.82) is 0 Å². The summed E-state index contributed by atoms with van der Waals surface area (Å²) in [5, 5.41) is 0. The minimum absolute atomic E-state index is 0.0919. The number of likely N-dealkylation sites (tertiary alicyclic amines) is 1. The second-order valence-corrected chi connectivity index (χ2v) is 10.1. The third kappa shape index (κ3) is 5.06. The van der Waals surface area contributed by atoms with E-state index in [9.17, 15) is 9.59 Å². The highest BCUT2D eigenvalue weighted by Crippen LogP contribution is 2.35. The number of hydrogen-bond donors (Lipinski definition) is 1. The van der Waals surface area contributed by atoms with Gasteiger partial charge in [0.05, 0.1) is 12.3 Å². The molecule has 1 saturated heterocycles. The van der Waals surface area contributed by atoms with E-state index in [0.717, 1.165) is 36.2 Å². The number of carbonyl (C=O) groups excluding carboxylic acids is 2. The van der Waals surface area contributed by atoms with E-state index in [1.807, 2.05) is 47.4 Å². The number of carbonyl (C=O) groups is 2. The summed E-state index contributed by atoms with van der Waals surface area (Å²) < 4.78 is 5.13. The van der Waals surface area contributed by atoms with Gasteiger partial charge in [0, 0.05) is 36.2 Å². The molecule has 6 nitrogen and oxygen atoms in total. The van der Waals surface area contributed by atoms with E-state index in [0.29, 0.717) is 35.2 Å². The molecule has 4 rings (SSSR count). The normalized spacial score (nSPS) is 18.0. The van der Waals surface area contributed by atoms with E-state index in [4.69, 9.17) is 10.5 Å². The van der Waals surface area contributed by atoms with Gasteiger partial charge in [-0.15, -0.1) is 0 Å². The average molecular weight is 460 g/mol. The van der Waals surface area contributed by atoms with Crippen molar-refractivity contribution in [2.45, 2.75) is 40.5 Å². The number of esters is 1. The number of rotatable bonds is 4. The Morgan fingerprint density at radius 3 is 2.47 bits per heavy atom. The van der Waals surface area contributed by atoms with Crippen molar-refractivity contribution >= 4 is 29.5 Å². The van der Waals surface area contributed by atoms with Crippen LogP contribution in [0.5, 0.6) is 0 Å². The van der Waals surface area contributed by atoms with Crippen LogP contribution in [0.25, 0.3) is 17.2 Å². The van der Waals surface area contributed by atoms with Crippen LogP contribution >= 0.6 is 0 Å². The number of fused-ring (bicyclic) bond motifs is 1. The van der Waals surface area contributed by atoms with Crippen molar-refractivity contribution in [2.24, 2.45) is 22.1 Å². The Kier molecular flexibility index (Phi) is 6.60. The predicted octanol–water partition coefficient (Wildman–Crippen LogP) is 5.20. The summed E-state index contributed by atoms with van der Waals surface area (Å²) in [5.74, 6) is 0.621. The lowest BCUT2D eigenvalue weighted by Gasteiger charge is -2.27. The Bertz CT molecular complexity index is 1160. The summed E-state index contributed by atoms with van der Waals surface area (Å²) in [4.78, 5) is 31.7. The van der Waals surface area contributed by atoms with Gasteiger partial charge in [0.15, 0.2) is 0 Å². The van der Waals surface area contributed by atoms with Gasteiger partial charge < -0.3 is 15.4 Å². The Morgan fingerprint density at radius 1 is 1.12 bits per heavy atom. The molecule has 0 aromatic heterocycles. The van der Waals surface area contributed by atoms with Crippen molar-refractivity contribution in [3.05, 3.63) is 59.2 Å². The lowest BCUT2D eigenvalue weighted by Crippen LogP contribution is -2.31. The molecule has 2 aromatic rings. The Labute approximate surface area is 201 Å². The molecule has 0 bridgehead atoms. The minimum Gasteiger partial charge on any atom is -0.463 e. The number of nitrogens with two attached hydrogens (primary N) is 1. The number of nitrogens with zero attached hydrogens (tertiary/aromatic N) is 2. The van der Waals surface area contributed by atoms with Crippen LogP contribution in [0.3, 0.4) is 0 Å². The number of ether oxygens (including phenoxy) is 1. The summed E-state index contributed by atoms with van der Waals surface area (Å²) in [6.07, 6.45) is 3.10. The summed E-state index contributed by atoms with van der Waals surface area (Å²) >= 11 is 0. The monoisotopic (exact) mass is 459 g/mol. The van der Waals surface area contributed by atoms with Gasteiger partial charge in [0.2, 0.25) is 0 Å².